The zero-order chi connectivity index (χ0) is 19.2. The Morgan fingerprint density at radius 3 is 2.56 bits per heavy atom. The standard InChI is InChI=1S/C21H21NO5/c1-3-25-17-10-8-15(9-11-17)21(24)26-13-20(23)22-14(2)19-12-16-6-4-5-7-18(16)27-19/h4-12,14H,3,13H2,1-2H3,(H,22,23)/t14-/m1/s1. The van der Waals surface area contributed by atoms with Crippen molar-refractivity contribution in [2.45, 2.75) is 19.9 Å². The van der Waals surface area contributed by atoms with Crippen LogP contribution in [0.25, 0.3) is 11.0 Å². The SMILES string of the molecule is CCOc1ccc(C(=O)OCC(=O)N[C@H](C)c2cc3ccccc3o2)cc1. The first-order valence-corrected chi connectivity index (χ1v) is 8.74. The average molecular weight is 367 g/mol. The van der Waals surface area contributed by atoms with Crippen LogP contribution < -0.4 is 10.1 Å². The van der Waals surface area contributed by atoms with Crippen molar-refractivity contribution < 1.29 is 23.5 Å². The van der Waals surface area contributed by atoms with Crippen molar-refractivity contribution in [1.29, 1.82) is 0 Å². The van der Waals surface area contributed by atoms with Gasteiger partial charge in [0.05, 0.1) is 18.2 Å². The molecule has 0 radical (unpaired) electrons. The van der Waals surface area contributed by atoms with Crippen molar-refractivity contribution in [2.24, 2.45) is 0 Å². The van der Waals surface area contributed by atoms with E-state index < -0.39 is 11.9 Å². The van der Waals surface area contributed by atoms with Gasteiger partial charge in [-0.05, 0) is 50.2 Å². The molecule has 3 rings (SSSR count). The van der Waals surface area contributed by atoms with Crippen molar-refractivity contribution >= 4 is 22.8 Å². The predicted molar refractivity (Wildman–Crippen MR) is 101 cm³/mol. The molecular weight excluding hydrogens is 346 g/mol. The van der Waals surface area contributed by atoms with Crippen LogP contribution in [0.3, 0.4) is 0 Å². The highest BCUT2D eigenvalue weighted by molar-refractivity contribution is 5.91. The molecule has 6 nitrogen and oxygen atoms in total. The predicted octanol–water partition coefficient (Wildman–Crippen LogP) is 3.87. The van der Waals surface area contributed by atoms with Crippen molar-refractivity contribution in [3.8, 4) is 5.75 Å². The summed E-state index contributed by atoms with van der Waals surface area (Å²) in [7, 11) is 0. The first-order chi connectivity index (χ1) is 13.1. The van der Waals surface area contributed by atoms with Crippen LogP contribution >= 0.6 is 0 Å². The molecule has 0 aliphatic carbocycles. The molecule has 0 bridgehead atoms. The quantitative estimate of drug-likeness (QED) is 0.642. The van der Waals surface area contributed by atoms with Crippen LogP contribution in [0.1, 0.15) is 36.0 Å². The summed E-state index contributed by atoms with van der Waals surface area (Å²) in [5.74, 6) is 0.348. The molecule has 1 N–H and O–H groups in total. The minimum absolute atomic E-state index is 0.339. The normalized spacial score (nSPS) is 11.8. The second kappa shape index (κ2) is 8.40. The van der Waals surface area contributed by atoms with Crippen LogP contribution in [-0.4, -0.2) is 25.1 Å². The fourth-order valence-corrected chi connectivity index (χ4v) is 2.64. The first-order valence-electron chi connectivity index (χ1n) is 8.74. The number of esters is 1. The summed E-state index contributed by atoms with van der Waals surface area (Å²) >= 11 is 0. The van der Waals surface area contributed by atoms with Crippen LogP contribution in [0.4, 0.5) is 0 Å². The molecule has 0 fully saturated rings. The molecule has 1 heterocycles. The Morgan fingerprint density at radius 2 is 1.85 bits per heavy atom. The number of hydrogen-bond acceptors (Lipinski definition) is 5. The lowest BCUT2D eigenvalue weighted by atomic mass is 10.2. The molecule has 3 aromatic rings. The number of hydrogen-bond donors (Lipinski definition) is 1. The van der Waals surface area contributed by atoms with Crippen molar-refractivity contribution in [3.05, 3.63) is 65.9 Å². The Balaban J connectivity index is 1.51. The van der Waals surface area contributed by atoms with E-state index in [0.29, 0.717) is 23.7 Å². The van der Waals surface area contributed by atoms with Gasteiger partial charge in [-0.2, -0.15) is 0 Å². The highest BCUT2D eigenvalue weighted by atomic mass is 16.5. The maximum Gasteiger partial charge on any atom is 0.338 e. The molecule has 0 saturated carbocycles. The number of carbonyl (C=O) groups excluding carboxylic acids is 2. The fourth-order valence-electron chi connectivity index (χ4n) is 2.64. The lowest BCUT2D eigenvalue weighted by Gasteiger charge is -2.11. The van der Waals surface area contributed by atoms with E-state index in [1.165, 1.54) is 0 Å². The lowest BCUT2D eigenvalue weighted by Crippen LogP contribution is -2.31. The monoisotopic (exact) mass is 367 g/mol. The summed E-state index contributed by atoms with van der Waals surface area (Å²) in [6.45, 7) is 3.88. The summed E-state index contributed by atoms with van der Waals surface area (Å²) in [5, 5.41) is 3.73. The van der Waals surface area contributed by atoms with Crippen LogP contribution in [0.2, 0.25) is 0 Å². The molecule has 0 spiro atoms. The Hall–Kier alpha value is -3.28. The number of nitrogens with one attached hydrogen (secondary N) is 1. The maximum atomic E-state index is 12.1. The van der Waals surface area contributed by atoms with Gasteiger partial charge in [-0.3, -0.25) is 4.79 Å². The molecule has 1 atom stereocenters. The third-order valence-corrected chi connectivity index (χ3v) is 3.98. The number of amides is 1. The number of furan rings is 1. The Bertz CT molecular complexity index is 896. The summed E-state index contributed by atoms with van der Waals surface area (Å²) in [6.07, 6.45) is 0. The molecule has 1 aromatic heterocycles. The van der Waals surface area contributed by atoms with E-state index in [1.807, 2.05) is 44.2 Å². The van der Waals surface area contributed by atoms with Crippen molar-refractivity contribution in [2.75, 3.05) is 13.2 Å². The summed E-state index contributed by atoms with van der Waals surface area (Å²) in [6, 6.07) is 15.7. The summed E-state index contributed by atoms with van der Waals surface area (Å²) in [4.78, 5) is 24.1. The molecule has 1 amide bonds. The number of benzene rings is 2. The number of para-hydroxylation sites is 1. The van der Waals surface area contributed by atoms with Gasteiger partial charge in [0.15, 0.2) is 6.61 Å². The van der Waals surface area contributed by atoms with Gasteiger partial charge in [-0.1, -0.05) is 18.2 Å². The fraction of sp³-hybridized carbons (Fsp3) is 0.238. The van der Waals surface area contributed by atoms with Gasteiger partial charge in [0.1, 0.15) is 17.1 Å². The number of fused-ring (bicyclic) bond motifs is 1. The van der Waals surface area contributed by atoms with Gasteiger partial charge in [-0.25, -0.2) is 4.79 Å². The summed E-state index contributed by atoms with van der Waals surface area (Å²) in [5.41, 5.74) is 1.12. The van der Waals surface area contributed by atoms with Crippen LogP contribution in [0.5, 0.6) is 5.75 Å². The third kappa shape index (κ3) is 4.67. The van der Waals surface area contributed by atoms with Gasteiger partial charge in [-0.15, -0.1) is 0 Å². The second-order valence-corrected chi connectivity index (χ2v) is 6.01. The molecule has 0 aliphatic heterocycles. The van der Waals surface area contributed by atoms with Crippen LogP contribution in [0, 0.1) is 0 Å². The van der Waals surface area contributed by atoms with Gasteiger partial charge in [0.2, 0.25) is 0 Å². The van der Waals surface area contributed by atoms with E-state index >= 15 is 0 Å². The van der Waals surface area contributed by atoms with Gasteiger partial charge >= 0.3 is 5.97 Å². The summed E-state index contributed by atoms with van der Waals surface area (Å²) < 4.78 is 16.1. The molecule has 140 valence electrons. The minimum Gasteiger partial charge on any atom is -0.494 e. The van der Waals surface area contributed by atoms with Crippen LogP contribution in [-0.2, 0) is 9.53 Å². The van der Waals surface area contributed by atoms with Crippen LogP contribution in [0.15, 0.2) is 59.0 Å². The lowest BCUT2D eigenvalue weighted by molar-refractivity contribution is -0.125. The Morgan fingerprint density at radius 1 is 1.11 bits per heavy atom. The van der Waals surface area contributed by atoms with Gasteiger partial charge in [0.25, 0.3) is 5.91 Å². The van der Waals surface area contributed by atoms with E-state index in [1.54, 1.807) is 24.3 Å². The molecule has 0 saturated heterocycles. The zero-order valence-electron chi connectivity index (χ0n) is 15.2. The molecule has 0 unspecified atom stereocenters. The van der Waals surface area contributed by atoms with E-state index in [0.717, 1.165) is 11.0 Å². The molecule has 6 heteroatoms. The van der Waals surface area contributed by atoms with Crippen molar-refractivity contribution in [3.63, 3.8) is 0 Å². The zero-order valence-corrected chi connectivity index (χ0v) is 15.2. The highest BCUT2D eigenvalue weighted by Crippen LogP contribution is 2.23. The Labute approximate surface area is 157 Å². The first kappa shape index (κ1) is 18.5. The van der Waals surface area contributed by atoms with E-state index in [2.05, 4.69) is 5.32 Å². The number of carbonyl (C=O) groups is 2. The third-order valence-electron chi connectivity index (χ3n) is 3.98. The Kier molecular flexibility index (Phi) is 5.76. The molecule has 0 aliphatic rings. The van der Waals surface area contributed by atoms with E-state index in [4.69, 9.17) is 13.9 Å². The minimum atomic E-state index is -0.565. The van der Waals surface area contributed by atoms with Gasteiger partial charge in [0, 0.05) is 5.39 Å². The topological polar surface area (TPSA) is 77.8 Å². The number of ether oxygens (including phenoxy) is 2. The smallest absolute Gasteiger partial charge is 0.338 e. The highest BCUT2D eigenvalue weighted by Gasteiger charge is 2.16. The molecular formula is C21H21NO5. The second-order valence-electron chi connectivity index (χ2n) is 6.01. The maximum absolute atomic E-state index is 12.1. The van der Waals surface area contributed by atoms with Gasteiger partial charge < -0.3 is 19.2 Å². The molecule has 2 aromatic carbocycles. The molecule has 27 heavy (non-hydrogen) atoms. The van der Waals surface area contributed by atoms with E-state index in [9.17, 15) is 9.59 Å². The van der Waals surface area contributed by atoms with Crippen molar-refractivity contribution in [1.82, 2.24) is 5.32 Å². The van der Waals surface area contributed by atoms with E-state index in [-0.39, 0.29) is 12.6 Å². The average Bonchev–Trinajstić information content (AvgIpc) is 3.11. The largest absolute Gasteiger partial charge is 0.494 e. The number of rotatable bonds is 7.